The Labute approximate surface area is 181 Å². The number of ether oxygens (including phenoxy) is 1. The zero-order chi connectivity index (χ0) is 21.7. The highest BCUT2D eigenvalue weighted by molar-refractivity contribution is 6.31. The van der Waals surface area contributed by atoms with Crippen LogP contribution in [0.3, 0.4) is 0 Å². The number of amides is 1. The van der Waals surface area contributed by atoms with Crippen molar-refractivity contribution in [2.75, 3.05) is 11.9 Å². The van der Waals surface area contributed by atoms with E-state index < -0.39 is 5.91 Å². The van der Waals surface area contributed by atoms with E-state index >= 15 is 0 Å². The SMILES string of the molecule is Cc1ccc(NC(=O)/C(C#N)=C/c2ccc(OCC(C)C)c3ccccc23)cc1Cl. The number of carbonyl (C=O) groups excluding carboxylic acids is 1. The molecule has 0 saturated heterocycles. The third-order valence-electron chi connectivity index (χ3n) is 4.58. The molecule has 0 aliphatic heterocycles. The second-order valence-electron chi connectivity index (χ2n) is 7.49. The molecule has 0 aliphatic carbocycles. The van der Waals surface area contributed by atoms with Crippen molar-refractivity contribution in [2.45, 2.75) is 20.8 Å². The Bertz CT molecular complexity index is 1160. The molecule has 0 atom stereocenters. The first-order valence-electron chi connectivity index (χ1n) is 9.73. The molecule has 1 N–H and O–H groups in total. The molecule has 0 saturated carbocycles. The summed E-state index contributed by atoms with van der Waals surface area (Å²) >= 11 is 6.12. The van der Waals surface area contributed by atoms with Crippen LogP contribution in [0, 0.1) is 24.2 Å². The number of nitrogens with zero attached hydrogens (tertiary/aromatic N) is 1. The van der Waals surface area contributed by atoms with Crippen LogP contribution in [0.5, 0.6) is 5.75 Å². The average Bonchev–Trinajstić information content (AvgIpc) is 2.73. The fourth-order valence-electron chi connectivity index (χ4n) is 2.98. The quantitative estimate of drug-likeness (QED) is 0.373. The molecule has 0 aromatic heterocycles. The van der Waals surface area contributed by atoms with Crippen molar-refractivity contribution >= 4 is 40.0 Å². The van der Waals surface area contributed by atoms with Crippen molar-refractivity contribution in [3.8, 4) is 11.8 Å². The third kappa shape index (κ3) is 5.00. The lowest BCUT2D eigenvalue weighted by Crippen LogP contribution is -2.13. The summed E-state index contributed by atoms with van der Waals surface area (Å²) < 4.78 is 5.94. The van der Waals surface area contributed by atoms with E-state index in [0.29, 0.717) is 23.2 Å². The summed E-state index contributed by atoms with van der Waals surface area (Å²) in [6, 6.07) is 18.8. The van der Waals surface area contributed by atoms with Gasteiger partial charge >= 0.3 is 0 Å². The number of carbonyl (C=O) groups is 1. The van der Waals surface area contributed by atoms with Crippen LogP contribution in [0.25, 0.3) is 16.8 Å². The summed E-state index contributed by atoms with van der Waals surface area (Å²) in [6.45, 7) is 6.69. The lowest BCUT2D eigenvalue weighted by atomic mass is 10.0. The fraction of sp³-hybridized carbons (Fsp3) is 0.200. The van der Waals surface area contributed by atoms with Crippen molar-refractivity contribution in [1.82, 2.24) is 0 Å². The molecular formula is C25H23ClN2O2. The predicted molar refractivity (Wildman–Crippen MR) is 123 cm³/mol. The summed E-state index contributed by atoms with van der Waals surface area (Å²) in [5.41, 5.74) is 2.24. The minimum atomic E-state index is -0.485. The van der Waals surface area contributed by atoms with Gasteiger partial charge in [-0.1, -0.05) is 61.8 Å². The van der Waals surface area contributed by atoms with Gasteiger partial charge in [-0.2, -0.15) is 5.26 Å². The van der Waals surface area contributed by atoms with Gasteiger partial charge < -0.3 is 10.1 Å². The first-order chi connectivity index (χ1) is 14.4. The number of anilines is 1. The van der Waals surface area contributed by atoms with Gasteiger partial charge in [0, 0.05) is 16.1 Å². The molecule has 0 heterocycles. The van der Waals surface area contributed by atoms with Crippen LogP contribution in [-0.2, 0) is 4.79 Å². The van der Waals surface area contributed by atoms with Gasteiger partial charge in [0.1, 0.15) is 17.4 Å². The average molecular weight is 419 g/mol. The Balaban J connectivity index is 1.93. The Morgan fingerprint density at radius 2 is 1.90 bits per heavy atom. The molecule has 3 aromatic rings. The highest BCUT2D eigenvalue weighted by Crippen LogP contribution is 2.30. The number of aryl methyl sites for hydroxylation is 1. The fourth-order valence-corrected chi connectivity index (χ4v) is 3.16. The smallest absolute Gasteiger partial charge is 0.266 e. The van der Waals surface area contributed by atoms with E-state index in [4.69, 9.17) is 16.3 Å². The van der Waals surface area contributed by atoms with Crippen molar-refractivity contribution in [2.24, 2.45) is 5.92 Å². The Hall–Kier alpha value is -3.29. The molecular weight excluding hydrogens is 396 g/mol. The number of nitrogens with one attached hydrogen (secondary N) is 1. The van der Waals surface area contributed by atoms with Gasteiger partial charge in [0.2, 0.25) is 0 Å². The van der Waals surface area contributed by atoms with Crippen LogP contribution in [0.2, 0.25) is 5.02 Å². The molecule has 0 bridgehead atoms. The Morgan fingerprint density at radius 3 is 2.57 bits per heavy atom. The molecule has 3 rings (SSSR count). The molecule has 0 unspecified atom stereocenters. The number of fused-ring (bicyclic) bond motifs is 1. The van der Waals surface area contributed by atoms with E-state index in [1.54, 1.807) is 18.2 Å². The van der Waals surface area contributed by atoms with Gasteiger partial charge in [-0.25, -0.2) is 0 Å². The van der Waals surface area contributed by atoms with E-state index in [2.05, 4.69) is 19.2 Å². The van der Waals surface area contributed by atoms with Crippen molar-refractivity contribution in [3.63, 3.8) is 0 Å². The lowest BCUT2D eigenvalue weighted by molar-refractivity contribution is -0.112. The number of benzene rings is 3. The van der Waals surface area contributed by atoms with Crippen LogP contribution < -0.4 is 10.1 Å². The number of rotatable bonds is 6. The van der Waals surface area contributed by atoms with Crippen LogP contribution in [0.4, 0.5) is 5.69 Å². The second kappa shape index (κ2) is 9.47. The molecule has 1 amide bonds. The van der Waals surface area contributed by atoms with Gasteiger partial charge in [-0.15, -0.1) is 0 Å². The summed E-state index contributed by atoms with van der Waals surface area (Å²) in [5, 5.41) is 14.7. The van der Waals surface area contributed by atoms with E-state index in [-0.39, 0.29) is 5.57 Å². The molecule has 0 fully saturated rings. The first kappa shape index (κ1) is 21.4. The zero-order valence-electron chi connectivity index (χ0n) is 17.2. The largest absolute Gasteiger partial charge is 0.493 e. The van der Waals surface area contributed by atoms with Gasteiger partial charge in [0.05, 0.1) is 6.61 Å². The molecule has 152 valence electrons. The summed E-state index contributed by atoms with van der Waals surface area (Å²) in [5.74, 6) is 0.711. The Kier molecular flexibility index (Phi) is 6.76. The molecule has 0 aliphatic rings. The van der Waals surface area contributed by atoms with E-state index in [1.165, 1.54) is 0 Å². The van der Waals surface area contributed by atoms with Gasteiger partial charge in [0.25, 0.3) is 5.91 Å². The molecule has 30 heavy (non-hydrogen) atoms. The van der Waals surface area contributed by atoms with Crippen LogP contribution >= 0.6 is 11.6 Å². The van der Waals surface area contributed by atoms with Crippen LogP contribution in [-0.4, -0.2) is 12.5 Å². The monoisotopic (exact) mass is 418 g/mol. The molecule has 0 radical (unpaired) electrons. The highest BCUT2D eigenvalue weighted by atomic mass is 35.5. The number of nitriles is 1. The van der Waals surface area contributed by atoms with Crippen molar-refractivity contribution < 1.29 is 9.53 Å². The van der Waals surface area contributed by atoms with Gasteiger partial charge in [0.15, 0.2) is 0 Å². The molecule has 4 nitrogen and oxygen atoms in total. The second-order valence-corrected chi connectivity index (χ2v) is 7.90. The maximum absolute atomic E-state index is 12.7. The van der Waals surface area contributed by atoms with Crippen LogP contribution in [0.15, 0.2) is 60.2 Å². The lowest BCUT2D eigenvalue weighted by Gasteiger charge is -2.13. The number of halogens is 1. The standard InChI is InChI=1S/C25H23ClN2O2/c1-16(2)15-30-24-11-9-18(21-6-4-5-7-22(21)24)12-19(14-27)25(29)28-20-10-8-17(3)23(26)13-20/h4-13,16H,15H2,1-3H3,(H,28,29)/b19-12+. The van der Waals surface area contributed by atoms with E-state index in [1.807, 2.05) is 55.5 Å². The number of hydrogen-bond donors (Lipinski definition) is 1. The Morgan fingerprint density at radius 1 is 1.17 bits per heavy atom. The summed E-state index contributed by atoms with van der Waals surface area (Å²) in [6.07, 6.45) is 1.60. The van der Waals surface area contributed by atoms with Crippen LogP contribution in [0.1, 0.15) is 25.0 Å². The van der Waals surface area contributed by atoms with E-state index in [9.17, 15) is 10.1 Å². The summed E-state index contributed by atoms with van der Waals surface area (Å²) in [7, 11) is 0. The van der Waals surface area contributed by atoms with Gasteiger partial charge in [-0.05, 0) is 53.6 Å². The highest BCUT2D eigenvalue weighted by Gasteiger charge is 2.13. The maximum Gasteiger partial charge on any atom is 0.266 e. The topological polar surface area (TPSA) is 62.1 Å². The molecule has 3 aromatic carbocycles. The van der Waals surface area contributed by atoms with Crippen molar-refractivity contribution in [3.05, 3.63) is 76.3 Å². The normalized spacial score (nSPS) is 11.4. The predicted octanol–water partition coefficient (Wildman–Crippen LogP) is 6.38. The van der Waals surface area contributed by atoms with Crippen molar-refractivity contribution in [1.29, 1.82) is 5.26 Å². The third-order valence-corrected chi connectivity index (χ3v) is 4.99. The first-order valence-corrected chi connectivity index (χ1v) is 10.1. The molecule has 0 spiro atoms. The minimum Gasteiger partial charge on any atom is -0.493 e. The zero-order valence-corrected chi connectivity index (χ0v) is 18.0. The van der Waals surface area contributed by atoms with E-state index in [0.717, 1.165) is 27.6 Å². The molecule has 5 heteroatoms. The van der Waals surface area contributed by atoms with Gasteiger partial charge in [-0.3, -0.25) is 4.79 Å². The maximum atomic E-state index is 12.7. The summed E-state index contributed by atoms with van der Waals surface area (Å²) in [4.78, 5) is 12.7. The number of hydrogen-bond acceptors (Lipinski definition) is 3. The minimum absolute atomic E-state index is 0.00713.